The first-order valence-corrected chi connectivity index (χ1v) is 7.22. The number of rotatable bonds is 4. The number of pyridine rings is 1. The number of hydrogen-bond donors (Lipinski definition) is 1. The van der Waals surface area contributed by atoms with E-state index in [2.05, 4.69) is 41.9 Å². The molecule has 0 spiro atoms. The summed E-state index contributed by atoms with van der Waals surface area (Å²) in [5.41, 5.74) is 5.48. The second kappa shape index (κ2) is 6.27. The number of nitrogens with zero attached hydrogens (tertiary/aromatic N) is 1. The zero-order valence-corrected chi connectivity index (χ0v) is 12.2. The number of aromatic hydroxyl groups is 1. The van der Waals surface area contributed by atoms with Crippen molar-refractivity contribution in [2.24, 2.45) is 0 Å². The predicted molar refractivity (Wildman–Crippen MR) is 90.7 cm³/mol. The molecule has 0 amide bonds. The highest BCUT2D eigenvalue weighted by atomic mass is 16.3. The van der Waals surface area contributed by atoms with Gasteiger partial charge in [0.05, 0.1) is 0 Å². The van der Waals surface area contributed by atoms with Crippen molar-refractivity contribution in [3.63, 3.8) is 0 Å². The molecule has 0 aliphatic heterocycles. The third-order valence-corrected chi connectivity index (χ3v) is 3.60. The summed E-state index contributed by atoms with van der Waals surface area (Å²) in [6.45, 7) is 3.72. The van der Waals surface area contributed by atoms with E-state index in [0.29, 0.717) is 0 Å². The maximum Gasteiger partial charge on any atom is 0.115 e. The van der Waals surface area contributed by atoms with Crippen molar-refractivity contribution >= 4 is 0 Å². The first kappa shape index (κ1) is 14.1. The largest absolute Gasteiger partial charge is 0.508 e. The van der Waals surface area contributed by atoms with E-state index in [1.807, 2.05) is 30.5 Å². The molecule has 1 N–H and O–H groups in total. The van der Waals surface area contributed by atoms with Crippen molar-refractivity contribution in [1.82, 2.24) is 4.98 Å². The van der Waals surface area contributed by atoms with Crippen LogP contribution in [0.5, 0.6) is 5.75 Å². The molecule has 2 nitrogen and oxygen atoms in total. The molecule has 3 rings (SSSR count). The minimum Gasteiger partial charge on any atom is -0.508 e. The van der Waals surface area contributed by atoms with Gasteiger partial charge in [-0.1, -0.05) is 48.5 Å². The van der Waals surface area contributed by atoms with Gasteiger partial charge < -0.3 is 5.11 Å². The molecular weight excluding hydrogens is 270 g/mol. The lowest BCUT2D eigenvalue weighted by atomic mass is 10.0. The van der Waals surface area contributed by atoms with Crippen LogP contribution in [0.15, 0.2) is 79.5 Å². The van der Waals surface area contributed by atoms with Crippen LogP contribution in [0.4, 0.5) is 0 Å². The highest BCUT2D eigenvalue weighted by Gasteiger charge is 2.01. The van der Waals surface area contributed by atoms with Crippen molar-refractivity contribution in [1.29, 1.82) is 0 Å². The average Bonchev–Trinajstić information content (AvgIpc) is 2.57. The summed E-state index contributed by atoms with van der Waals surface area (Å²) in [6, 6.07) is 19.7. The fraction of sp³-hybridized carbons (Fsp3) is 0.0500. The molecule has 0 fully saturated rings. The van der Waals surface area contributed by atoms with E-state index >= 15 is 0 Å². The quantitative estimate of drug-likeness (QED) is 0.696. The Morgan fingerprint density at radius 3 is 1.77 bits per heavy atom. The summed E-state index contributed by atoms with van der Waals surface area (Å²) >= 11 is 0. The van der Waals surface area contributed by atoms with Gasteiger partial charge in [-0.2, -0.15) is 0 Å². The average molecular weight is 287 g/mol. The van der Waals surface area contributed by atoms with Crippen LogP contribution in [0.1, 0.15) is 5.69 Å². The maximum atomic E-state index is 9.34. The Morgan fingerprint density at radius 1 is 0.773 bits per heavy atom. The lowest BCUT2D eigenvalue weighted by molar-refractivity contribution is 0.475. The fourth-order valence-electron chi connectivity index (χ4n) is 2.37. The molecule has 2 heteroatoms. The summed E-state index contributed by atoms with van der Waals surface area (Å²) in [4.78, 5) is 4.44. The monoisotopic (exact) mass is 287 g/mol. The first-order valence-electron chi connectivity index (χ1n) is 7.22. The number of phenols is 1. The Morgan fingerprint density at radius 2 is 1.27 bits per heavy atom. The van der Waals surface area contributed by atoms with Gasteiger partial charge in [0.2, 0.25) is 0 Å². The SMILES string of the molecule is C=CCc1ccc(-c2ccc(-c3ccc(O)cc3)cc2)cn1. The van der Waals surface area contributed by atoms with Crippen LogP contribution in [-0.4, -0.2) is 10.1 Å². The molecular formula is C20H17NO. The molecule has 1 aromatic heterocycles. The predicted octanol–water partition coefficient (Wildman–Crippen LogP) is 4.85. The van der Waals surface area contributed by atoms with Crippen LogP contribution in [0.25, 0.3) is 22.3 Å². The lowest BCUT2D eigenvalue weighted by Gasteiger charge is -2.06. The van der Waals surface area contributed by atoms with Crippen molar-refractivity contribution in [3.05, 3.63) is 85.2 Å². The second-order valence-corrected chi connectivity index (χ2v) is 5.16. The van der Waals surface area contributed by atoms with Gasteiger partial charge >= 0.3 is 0 Å². The molecule has 0 aliphatic rings. The van der Waals surface area contributed by atoms with Crippen molar-refractivity contribution in [2.45, 2.75) is 6.42 Å². The summed E-state index contributed by atoms with van der Waals surface area (Å²) in [7, 11) is 0. The van der Waals surface area contributed by atoms with E-state index in [0.717, 1.165) is 34.4 Å². The Hall–Kier alpha value is -2.87. The second-order valence-electron chi connectivity index (χ2n) is 5.16. The molecule has 22 heavy (non-hydrogen) atoms. The summed E-state index contributed by atoms with van der Waals surface area (Å²) in [5.74, 6) is 0.283. The van der Waals surface area contributed by atoms with Crippen molar-refractivity contribution < 1.29 is 5.11 Å². The zero-order chi connectivity index (χ0) is 15.4. The van der Waals surface area contributed by atoms with E-state index in [-0.39, 0.29) is 5.75 Å². The minimum atomic E-state index is 0.283. The molecule has 0 atom stereocenters. The van der Waals surface area contributed by atoms with Gasteiger partial charge in [-0.25, -0.2) is 0 Å². The van der Waals surface area contributed by atoms with Gasteiger partial charge in [-0.15, -0.1) is 6.58 Å². The zero-order valence-electron chi connectivity index (χ0n) is 12.2. The molecule has 0 aliphatic carbocycles. The molecule has 0 unspecified atom stereocenters. The van der Waals surface area contributed by atoms with Gasteiger partial charge in [-0.3, -0.25) is 4.98 Å². The Kier molecular flexibility index (Phi) is 4.01. The van der Waals surface area contributed by atoms with E-state index in [9.17, 15) is 5.11 Å². The maximum absolute atomic E-state index is 9.34. The van der Waals surface area contributed by atoms with Crippen molar-refractivity contribution in [3.8, 4) is 28.0 Å². The molecule has 0 radical (unpaired) electrons. The standard InChI is InChI=1S/C20H17NO/c1-2-3-19-11-8-18(14-21-19)17-6-4-15(5-7-17)16-9-12-20(22)13-10-16/h2,4-14,22H,1,3H2. The van der Waals surface area contributed by atoms with Gasteiger partial charge in [0.15, 0.2) is 0 Å². The smallest absolute Gasteiger partial charge is 0.115 e. The first-order chi connectivity index (χ1) is 10.8. The van der Waals surface area contributed by atoms with Crippen LogP contribution in [0.2, 0.25) is 0 Å². The van der Waals surface area contributed by atoms with Crippen LogP contribution < -0.4 is 0 Å². The topological polar surface area (TPSA) is 33.1 Å². The molecule has 0 saturated heterocycles. The highest BCUT2D eigenvalue weighted by molar-refractivity contribution is 5.70. The third-order valence-electron chi connectivity index (χ3n) is 3.60. The van der Waals surface area contributed by atoms with Gasteiger partial charge in [0.25, 0.3) is 0 Å². The molecule has 3 aromatic rings. The fourth-order valence-corrected chi connectivity index (χ4v) is 2.37. The summed E-state index contributed by atoms with van der Waals surface area (Å²) in [6.07, 6.45) is 4.54. The van der Waals surface area contributed by atoms with Crippen LogP contribution in [-0.2, 0) is 6.42 Å². The van der Waals surface area contributed by atoms with Crippen LogP contribution in [0, 0.1) is 0 Å². The van der Waals surface area contributed by atoms with E-state index in [4.69, 9.17) is 0 Å². The number of allylic oxidation sites excluding steroid dienone is 1. The van der Waals surface area contributed by atoms with Crippen LogP contribution >= 0.6 is 0 Å². The third kappa shape index (κ3) is 3.07. The van der Waals surface area contributed by atoms with Gasteiger partial charge in [0, 0.05) is 23.9 Å². The Labute approximate surface area is 130 Å². The summed E-state index contributed by atoms with van der Waals surface area (Å²) < 4.78 is 0. The highest BCUT2D eigenvalue weighted by Crippen LogP contribution is 2.25. The number of aromatic nitrogens is 1. The number of hydrogen-bond acceptors (Lipinski definition) is 2. The normalized spacial score (nSPS) is 10.4. The number of phenolic OH excluding ortho intramolecular Hbond substituents is 1. The Balaban J connectivity index is 1.84. The van der Waals surface area contributed by atoms with Crippen molar-refractivity contribution in [2.75, 3.05) is 0 Å². The minimum absolute atomic E-state index is 0.283. The van der Waals surface area contributed by atoms with Gasteiger partial charge in [0.1, 0.15) is 5.75 Å². The number of benzene rings is 2. The molecule has 1 heterocycles. The Bertz CT molecular complexity index is 756. The van der Waals surface area contributed by atoms with Crippen LogP contribution in [0.3, 0.4) is 0 Å². The van der Waals surface area contributed by atoms with E-state index < -0.39 is 0 Å². The molecule has 0 bridgehead atoms. The molecule has 108 valence electrons. The molecule has 0 saturated carbocycles. The lowest BCUT2D eigenvalue weighted by Crippen LogP contribution is -1.87. The van der Waals surface area contributed by atoms with E-state index in [1.54, 1.807) is 12.1 Å². The van der Waals surface area contributed by atoms with Gasteiger partial charge in [-0.05, 0) is 34.9 Å². The van der Waals surface area contributed by atoms with E-state index in [1.165, 1.54) is 0 Å². The molecule has 2 aromatic carbocycles. The summed E-state index contributed by atoms with van der Waals surface area (Å²) in [5, 5.41) is 9.34.